The van der Waals surface area contributed by atoms with Crippen LogP contribution in [0, 0.1) is 5.92 Å². The van der Waals surface area contributed by atoms with Crippen LogP contribution in [-0.4, -0.2) is 31.3 Å². The molecule has 1 amide bonds. The first-order valence-corrected chi connectivity index (χ1v) is 8.41. The highest BCUT2D eigenvalue weighted by Gasteiger charge is 2.36. The Morgan fingerprint density at radius 2 is 1.77 bits per heavy atom. The van der Waals surface area contributed by atoms with Crippen LogP contribution in [-0.2, 0) is 9.59 Å². The molecule has 0 N–H and O–H groups in total. The molecule has 0 aromatic heterocycles. The minimum absolute atomic E-state index is 0.110. The van der Waals surface area contributed by atoms with E-state index in [4.69, 9.17) is 9.47 Å². The van der Waals surface area contributed by atoms with Gasteiger partial charge in [-0.15, -0.1) is 0 Å². The summed E-state index contributed by atoms with van der Waals surface area (Å²) in [5, 5.41) is 0. The van der Waals surface area contributed by atoms with Gasteiger partial charge in [-0.25, -0.2) is 0 Å². The molecule has 0 spiro atoms. The van der Waals surface area contributed by atoms with Crippen LogP contribution in [0.3, 0.4) is 0 Å². The highest BCUT2D eigenvalue weighted by atomic mass is 16.5. The molecule has 1 aliphatic rings. The Bertz CT molecular complexity index is 798. The third kappa shape index (κ3) is 3.91. The van der Waals surface area contributed by atoms with Crippen LogP contribution in [0.15, 0.2) is 48.5 Å². The van der Waals surface area contributed by atoms with Gasteiger partial charge in [-0.1, -0.05) is 0 Å². The van der Waals surface area contributed by atoms with Crippen molar-refractivity contribution in [3.05, 3.63) is 54.1 Å². The molecule has 1 heterocycles. The summed E-state index contributed by atoms with van der Waals surface area (Å²) < 4.78 is 10.7. The van der Waals surface area contributed by atoms with E-state index >= 15 is 0 Å². The molecular weight excluding hydrogens is 334 g/mol. The van der Waals surface area contributed by atoms with Gasteiger partial charge in [0.25, 0.3) is 0 Å². The molecule has 0 aliphatic carbocycles. The number of esters is 1. The van der Waals surface area contributed by atoms with Gasteiger partial charge in [0.05, 0.1) is 12.5 Å². The van der Waals surface area contributed by atoms with E-state index in [1.54, 1.807) is 53.4 Å². The SMILES string of the molecule is CCOc1ccc(N2C[C@@H](C(=O)Oc3ccc(C=O)cc3)CC2=O)cc1. The second-order valence-electron chi connectivity index (χ2n) is 5.94. The van der Waals surface area contributed by atoms with Crippen molar-refractivity contribution in [3.63, 3.8) is 0 Å². The van der Waals surface area contributed by atoms with Crippen LogP contribution in [0.5, 0.6) is 11.5 Å². The lowest BCUT2D eigenvalue weighted by atomic mass is 10.1. The van der Waals surface area contributed by atoms with E-state index in [1.165, 1.54) is 0 Å². The third-order valence-electron chi connectivity index (χ3n) is 4.15. The molecule has 0 unspecified atom stereocenters. The maximum Gasteiger partial charge on any atom is 0.316 e. The maximum absolute atomic E-state index is 12.3. The lowest BCUT2D eigenvalue weighted by Gasteiger charge is -2.17. The predicted octanol–water partition coefficient (Wildman–Crippen LogP) is 2.86. The normalized spacial score (nSPS) is 16.4. The molecular formula is C20H19NO5. The van der Waals surface area contributed by atoms with Crippen molar-refractivity contribution in [2.45, 2.75) is 13.3 Å². The third-order valence-corrected chi connectivity index (χ3v) is 4.15. The van der Waals surface area contributed by atoms with Crippen molar-refractivity contribution in [2.24, 2.45) is 5.92 Å². The zero-order valence-electron chi connectivity index (χ0n) is 14.4. The van der Waals surface area contributed by atoms with Crippen LogP contribution in [0.1, 0.15) is 23.7 Å². The summed E-state index contributed by atoms with van der Waals surface area (Å²) >= 11 is 0. The van der Waals surface area contributed by atoms with Crippen molar-refractivity contribution >= 4 is 23.9 Å². The zero-order chi connectivity index (χ0) is 18.5. The molecule has 0 radical (unpaired) electrons. The minimum Gasteiger partial charge on any atom is -0.494 e. The van der Waals surface area contributed by atoms with E-state index in [-0.39, 0.29) is 18.9 Å². The Balaban J connectivity index is 1.64. The van der Waals surface area contributed by atoms with Gasteiger partial charge in [0.2, 0.25) is 5.91 Å². The number of amides is 1. The molecule has 1 saturated heterocycles. The standard InChI is InChI=1S/C20H19NO5/c1-2-25-17-9-5-16(6-10-17)21-12-15(11-19(21)23)20(24)26-18-7-3-14(13-22)4-8-18/h3-10,13,15H,2,11-12H2,1H3/t15-/m0/s1. The molecule has 1 fully saturated rings. The van der Waals surface area contributed by atoms with Crippen molar-refractivity contribution < 1.29 is 23.9 Å². The fourth-order valence-corrected chi connectivity index (χ4v) is 2.82. The molecule has 0 bridgehead atoms. The maximum atomic E-state index is 12.3. The second-order valence-corrected chi connectivity index (χ2v) is 5.94. The number of hydrogen-bond donors (Lipinski definition) is 0. The smallest absolute Gasteiger partial charge is 0.316 e. The molecule has 2 aromatic carbocycles. The average Bonchev–Trinajstić information content (AvgIpc) is 3.05. The zero-order valence-corrected chi connectivity index (χ0v) is 14.4. The predicted molar refractivity (Wildman–Crippen MR) is 95.5 cm³/mol. The Morgan fingerprint density at radius 3 is 2.38 bits per heavy atom. The van der Waals surface area contributed by atoms with Gasteiger partial charge in [0, 0.05) is 24.2 Å². The second kappa shape index (κ2) is 7.82. The minimum atomic E-state index is -0.528. The largest absolute Gasteiger partial charge is 0.494 e. The molecule has 0 saturated carbocycles. The molecule has 6 heteroatoms. The van der Waals surface area contributed by atoms with Gasteiger partial charge in [0.1, 0.15) is 17.8 Å². The summed E-state index contributed by atoms with van der Waals surface area (Å²) in [5.41, 5.74) is 1.23. The molecule has 2 aromatic rings. The number of aldehydes is 1. The first-order valence-electron chi connectivity index (χ1n) is 8.41. The van der Waals surface area contributed by atoms with Crippen molar-refractivity contribution in [1.82, 2.24) is 0 Å². The molecule has 6 nitrogen and oxygen atoms in total. The average molecular weight is 353 g/mol. The van der Waals surface area contributed by atoms with E-state index < -0.39 is 11.9 Å². The van der Waals surface area contributed by atoms with Crippen LogP contribution in [0.2, 0.25) is 0 Å². The van der Waals surface area contributed by atoms with E-state index in [0.717, 1.165) is 17.7 Å². The van der Waals surface area contributed by atoms with Crippen LogP contribution in [0.25, 0.3) is 0 Å². The van der Waals surface area contributed by atoms with Crippen molar-refractivity contribution in [2.75, 3.05) is 18.1 Å². The van der Waals surface area contributed by atoms with E-state index in [2.05, 4.69) is 0 Å². The number of rotatable bonds is 6. The first-order chi connectivity index (χ1) is 12.6. The van der Waals surface area contributed by atoms with Gasteiger partial charge in [-0.2, -0.15) is 0 Å². The van der Waals surface area contributed by atoms with Gasteiger partial charge < -0.3 is 14.4 Å². The molecule has 26 heavy (non-hydrogen) atoms. The highest BCUT2D eigenvalue weighted by Crippen LogP contribution is 2.28. The summed E-state index contributed by atoms with van der Waals surface area (Å²) in [6.45, 7) is 2.75. The monoisotopic (exact) mass is 353 g/mol. The number of carbonyl (C=O) groups excluding carboxylic acids is 3. The molecule has 134 valence electrons. The quantitative estimate of drug-likeness (QED) is 0.454. The molecule has 1 aliphatic heterocycles. The van der Waals surface area contributed by atoms with Crippen LogP contribution < -0.4 is 14.4 Å². The van der Waals surface area contributed by atoms with Crippen molar-refractivity contribution in [3.8, 4) is 11.5 Å². The summed E-state index contributed by atoms with van der Waals surface area (Å²) in [7, 11) is 0. The van der Waals surface area contributed by atoms with E-state index in [0.29, 0.717) is 17.9 Å². The highest BCUT2D eigenvalue weighted by molar-refractivity contribution is 5.99. The van der Waals surface area contributed by atoms with Crippen molar-refractivity contribution in [1.29, 1.82) is 0 Å². The van der Waals surface area contributed by atoms with E-state index in [1.807, 2.05) is 6.92 Å². The number of anilines is 1. The Morgan fingerprint density at radius 1 is 1.12 bits per heavy atom. The Labute approximate surface area is 151 Å². The van der Waals surface area contributed by atoms with Crippen LogP contribution in [0.4, 0.5) is 5.69 Å². The van der Waals surface area contributed by atoms with Gasteiger partial charge in [0.15, 0.2) is 0 Å². The van der Waals surface area contributed by atoms with Gasteiger partial charge in [-0.05, 0) is 55.5 Å². The van der Waals surface area contributed by atoms with Gasteiger partial charge in [-0.3, -0.25) is 14.4 Å². The van der Waals surface area contributed by atoms with E-state index in [9.17, 15) is 14.4 Å². The number of carbonyl (C=O) groups is 3. The number of benzene rings is 2. The topological polar surface area (TPSA) is 72.9 Å². The fourth-order valence-electron chi connectivity index (χ4n) is 2.82. The summed E-state index contributed by atoms with van der Waals surface area (Å²) in [5.74, 6) is -0.0111. The first kappa shape index (κ1) is 17.7. The number of ether oxygens (including phenoxy) is 2. The fraction of sp³-hybridized carbons (Fsp3) is 0.250. The summed E-state index contributed by atoms with van der Waals surface area (Å²) in [6, 6.07) is 13.5. The van der Waals surface area contributed by atoms with Gasteiger partial charge >= 0.3 is 5.97 Å². The summed E-state index contributed by atoms with van der Waals surface area (Å²) in [4.78, 5) is 36.9. The Hall–Kier alpha value is -3.15. The molecule has 1 atom stereocenters. The lowest BCUT2D eigenvalue weighted by Crippen LogP contribution is -2.27. The Kier molecular flexibility index (Phi) is 5.31. The number of nitrogens with zero attached hydrogens (tertiary/aromatic N) is 1. The lowest BCUT2D eigenvalue weighted by molar-refractivity contribution is -0.139. The number of hydrogen-bond acceptors (Lipinski definition) is 5. The van der Waals surface area contributed by atoms with Crippen LogP contribution >= 0.6 is 0 Å². The summed E-state index contributed by atoms with van der Waals surface area (Å²) in [6.07, 6.45) is 0.828. The molecule has 3 rings (SSSR count).